The lowest BCUT2D eigenvalue weighted by atomic mass is 10.1. The van der Waals surface area contributed by atoms with E-state index in [2.05, 4.69) is 19.2 Å². The number of rotatable bonds is 8. The monoisotopic (exact) mass is 248 g/mol. The van der Waals surface area contributed by atoms with Crippen molar-refractivity contribution in [3.63, 3.8) is 0 Å². The maximum atomic E-state index is 10.8. The second kappa shape index (κ2) is 7.75. The highest BCUT2D eigenvalue weighted by atomic mass is 16.1. The predicted octanol–water partition coefficient (Wildman–Crippen LogP) is 3.10. The standard InChI is InChI=1S/C15H24N2O/c1-3-5-13(6-4-2)17-14-9-7-12(8-10-14)11-15(16)18/h7-10,13,17H,3-6,11H2,1-2H3,(H2,16,18). The number of anilines is 1. The molecule has 0 spiro atoms. The summed E-state index contributed by atoms with van der Waals surface area (Å²) in [6.45, 7) is 4.42. The Hall–Kier alpha value is -1.51. The van der Waals surface area contributed by atoms with Crippen LogP contribution in [0, 0.1) is 0 Å². The Morgan fingerprint density at radius 3 is 2.17 bits per heavy atom. The quantitative estimate of drug-likeness (QED) is 0.742. The molecule has 0 aliphatic carbocycles. The van der Waals surface area contributed by atoms with Crippen LogP contribution in [-0.2, 0) is 11.2 Å². The van der Waals surface area contributed by atoms with Crippen molar-refractivity contribution < 1.29 is 4.79 Å². The molecule has 0 aliphatic rings. The first-order valence-corrected chi connectivity index (χ1v) is 6.79. The van der Waals surface area contributed by atoms with Crippen LogP contribution in [0.2, 0.25) is 0 Å². The molecule has 1 aromatic carbocycles. The van der Waals surface area contributed by atoms with Gasteiger partial charge in [0, 0.05) is 11.7 Å². The minimum Gasteiger partial charge on any atom is -0.382 e. The van der Waals surface area contributed by atoms with Crippen LogP contribution >= 0.6 is 0 Å². The molecular formula is C15H24N2O. The van der Waals surface area contributed by atoms with Crippen molar-refractivity contribution in [2.75, 3.05) is 5.32 Å². The molecule has 0 heterocycles. The topological polar surface area (TPSA) is 55.1 Å². The number of carbonyl (C=O) groups is 1. The maximum absolute atomic E-state index is 10.8. The Morgan fingerprint density at radius 2 is 1.72 bits per heavy atom. The third kappa shape index (κ3) is 5.21. The first-order chi connectivity index (χ1) is 8.65. The third-order valence-electron chi connectivity index (χ3n) is 2.98. The Labute approximate surface area is 110 Å². The first kappa shape index (κ1) is 14.6. The van der Waals surface area contributed by atoms with E-state index in [0.717, 1.165) is 11.3 Å². The van der Waals surface area contributed by atoms with Crippen molar-refractivity contribution in [2.24, 2.45) is 5.73 Å². The number of benzene rings is 1. The molecule has 1 amide bonds. The molecule has 3 N–H and O–H groups in total. The lowest BCUT2D eigenvalue weighted by molar-refractivity contribution is -0.117. The van der Waals surface area contributed by atoms with Crippen LogP contribution in [0.15, 0.2) is 24.3 Å². The number of primary amides is 1. The van der Waals surface area contributed by atoms with Crippen molar-refractivity contribution in [3.05, 3.63) is 29.8 Å². The SMILES string of the molecule is CCCC(CCC)Nc1ccc(CC(N)=O)cc1. The number of nitrogens with two attached hydrogens (primary N) is 1. The van der Waals surface area contributed by atoms with E-state index in [1.165, 1.54) is 25.7 Å². The Morgan fingerprint density at radius 1 is 1.17 bits per heavy atom. The van der Waals surface area contributed by atoms with Gasteiger partial charge in [-0.05, 0) is 30.5 Å². The first-order valence-electron chi connectivity index (χ1n) is 6.79. The summed E-state index contributed by atoms with van der Waals surface area (Å²) in [6, 6.07) is 8.51. The molecule has 0 unspecified atom stereocenters. The van der Waals surface area contributed by atoms with Crippen LogP contribution in [0.25, 0.3) is 0 Å². The van der Waals surface area contributed by atoms with Gasteiger partial charge in [-0.15, -0.1) is 0 Å². The van der Waals surface area contributed by atoms with Gasteiger partial charge in [-0.25, -0.2) is 0 Å². The molecule has 0 bridgehead atoms. The summed E-state index contributed by atoms with van der Waals surface area (Å²) < 4.78 is 0. The van der Waals surface area contributed by atoms with Crippen molar-refractivity contribution in [3.8, 4) is 0 Å². The predicted molar refractivity (Wildman–Crippen MR) is 76.6 cm³/mol. The maximum Gasteiger partial charge on any atom is 0.221 e. The fourth-order valence-electron chi connectivity index (χ4n) is 2.14. The molecule has 0 saturated heterocycles. The highest BCUT2D eigenvalue weighted by Crippen LogP contribution is 2.15. The molecule has 0 radical (unpaired) electrons. The number of hydrogen-bond donors (Lipinski definition) is 2. The zero-order valence-corrected chi connectivity index (χ0v) is 11.4. The molecule has 0 atom stereocenters. The van der Waals surface area contributed by atoms with Gasteiger partial charge in [-0.1, -0.05) is 38.8 Å². The Bertz CT molecular complexity index is 353. The van der Waals surface area contributed by atoms with Crippen LogP contribution in [0.5, 0.6) is 0 Å². The molecule has 18 heavy (non-hydrogen) atoms. The minimum absolute atomic E-state index is 0.287. The third-order valence-corrected chi connectivity index (χ3v) is 2.98. The van der Waals surface area contributed by atoms with Crippen molar-refractivity contribution in [1.82, 2.24) is 0 Å². The molecule has 3 nitrogen and oxygen atoms in total. The van der Waals surface area contributed by atoms with Crippen molar-refractivity contribution in [1.29, 1.82) is 0 Å². The Kier molecular flexibility index (Phi) is 6.26. The van der Waals surface area contributed by atoms with Gasteiger partial charge in [0.1, 0.15) is 0 Å². The highest BCUT2D eigenvalue weighted by molar-refractivity contribution is 5.76. The lowest BCUT2D eigenvalue weighted by Crippen LogP contribution is -2.19. The van der Waals surface area contributed by atoms with Gasteiger partial charge in [0.2, 0.25) is 5.91 Å². The number of carbonyl (C=O) groups excluding carboxylic acids is 1. The van der Waals surface area contributed by atoms with Crippen molar-refractivity contribution >= 4 is 11.6 Å². The van der Waals surface area contributed by atoms with Crippen LogP contribution in [0.4, 0.5) is 5.69 Å². The van der Waals surface area contributed by atoms with E-state index in [1.807, 2.05) is 24.3 Å². The molecule has 0 saturated carbocycles. The number of nitrogens with one attached hydrogen (secondary N) is 1. The zero-order chi connectivity index (χ0) is 13.4. The summed E-state index contributed by atoms with van der Waals surface area (Å²) in [6.07, 6.45) is 5.08. The Balaban J connectivity index is 2.58. The van der Waals surface area contributed by atoms with Gasteiger partial charge in [-0.2, -0.15) is 0 Å². The zero-order valence-electron chi connectivity index (χ0n) is 11.4. The molecule has 1 rings (SSSR count). The fraction of sp³-hybridized carbons (Fsp3) is 0.533. The molecule has 1 aromatic rings. The average molecular weight is 248 g/mol. The smallest absolute Gasteiger partial charge is 0.221 e. The molecule has 3 heteroatoms. The van der Waals surface area contributed by atoms with E-state index < -0.39 is 0 Å². The van der Waals surface area contributed by atoms with Gasteiger partial charge in [0.25, 0.3) is 0 Å². The summed E-state index contributed by atoms with van der Waals surface area (Å²) in [5, 5.41) is 3.55. The van der Waals surface area contributed by atoms with Gasteiger partial charge in [-0.3, -0.25) is 4.79 Å². The second-order valence-corrected chi connectivity index (χ2v) is 4.76. The van der Waals surface area contributed by atoms with Gasteiger partial charge >= 0.3 is 0 Å². The molecule has 0 fully saturated rings. The van der Waals surface area contributed by atoms with Gasteiger partial charge in [0.15, 0.2) is 0 Å². The van der Waals surface area contributed by atoms with E-state index in [4.69, 9.17) is 5.73 Å². The van der Waals surface area contributed by atoms with E-state index >= 15 is 0 Å². The molecular weight excluding hydrogens is 224 g/mol. The number of amides is 1. The summed E-state index contributed by atoms with van der Waals surface area (Å²) in [7, 11) is 0. The van der Waals surface area contributed by atoms with Crippen LogP contribution < -0.4 is 11.1 Å². The minimum atomic E-state index is -0.287. The van der Waals surface area contributed by atoms with Gasteiger partial charge < -0.3 is 11.1 Å². The highest BCUT2D eigenvalue weighted by Gasteiger charge is 2.06. The van der Waals surface area contributed by atoms with E-state index in [-0.39, 0.29) is 5.91 Å². The van der Waals surface area contributed by atoms with Crippen LogP contribution in [0.1, 0.15) is 45.1 Å². The molecule has 0 aromatic heterocycles. The fourth-order valence-corrected chi connectivity index (χ4v) is 2.14. The lowest BCUT2D eigenvalue weighted by Gasteiger charge is -2.18. The van der Waals surface area contributed by atoms with Crippen LogP contribution in [-0.4, -0.2) is 11.9 Å². The normalized spacial score (nSPS) is 10.6. The second-order valence-electron chi connectivity index (χ2n) is 4.76. The number of hydrogen-bond acceptors (Lipinski definition) is 2. The van der Waals surface area contributed by atoms with Crippen molar-refractivity contribution in [2.45, 2.75) is 52.0 Å². The summed E-state index contributed by atoms with van der Waals surface area (Å²) in [5.74, 6) is -0.287. The summed E-state index contributed by atoms with van der Waals surface area (Å²) in [5.41, 5.74) is 7.26. The van der Waals surface area contributed by atoms with E-state index in [1.54, 1.807) is 0 Å². The van der Waals surface area contributed by atoms with E-state index in [9.17, 15) is 4.79 Å². The van der Waals surface area contributed by atoms with Crippen LogP contribution in [0.3, 0.4) is 0 Å². The van der Waals surface area contributed by atoms with E-state index in [0.29, 0.717) is 12.5 Å². The molecule has 100 valence electrons. The largest absolute Gasteiger partial charge is 0.382 e. The summed E-state index contributed by atoms with van der Waals surface area (Å²) >= 11 is 0. The van der Waals surface area contributed by atoms with Gasteiger partial charge in [0.05, 0.1) is 6.42 Å². The molecule has 0 aliphatic heterocycles. The average Bonchev–Trinajstić information content (AvgIpc) is 2.31. The summed E-state index contributed by atoms with van der Waals surface area (Å²) in [4.78, 5) is 10.8.